The number of ether oxygens (including phenoxy) is 2. The molecule has 25 heavy (non-hydrogen) atoms. The van der Waals surface area contributed by atoms with Gasteiger partial charge in [-0.25, -0.2) is 4.98 Å². The molecule has 4 heterocycles. The fourth-order valence-electron chi connectivity index (χ4n) is 4.22. The monoisotopic (exact) mass is 338 g/mol. The molecule has 2 fully saturated rings. The first-order chi connectivity index (χ1) is 12.2. The van der Waals surface area contributed by atoms with Crippen LogP contribution < -0.4 is 0 Å². The van der Waals surface area contributed by atoms with Gasteiger partial charge in [0.1, 0.15) is 5.65 Å². The molecule has 130 valence electrons. The summed E-state index contributed by atoms with van der Waals surface area (Å²) in [5, 5.41) is 5.45. The normalized spacial score (nSPS) is 20.7. The van der Waals surface area contributed by atoms with Crippen LogP contribution in [0, 0.1) is 0 Å². The van der Waals surface area contributed by atoms with E-state index in [0.29, 0.717) is 5.92 Å². The smallest absolute Gasteiger partial charge is 0.168 e. The fraction of sp³-hybridized carbons (Fsp3) is 0.474. The summed E-state index contributed by atoms with van der Waals surface area (Å²) in [6.07, 6.45) is 12.1. The van der Waals surface area contributed by atoms with Crippen molar-refractivity contribution in [3.05, 3.63) is 36.4 Å². The maximum atomic E-state index is 5.85. The van der Waals surface area contributed by atoms with E-state index in [1.54, 1.807) is 0 Å². The molecule has 3 aromatic heterocycles. The summed E-state index contributed by atoms with van der Waals surface area (Å²) in [6.45, 7) is 1.46. The number of hydrogen-bond acceptors (Lipinski definition) is 4. The Kier molecular flexibility index (Phi) is 3.43. The number of aryl methyl sites for hydroxylation is 1. The van der Waals surface area contributed by atoms with Crippen molar-refractivity contribution in [2.45, 2.75) is 37.4 Å². The minimum Gasteiger partial charge on any atom is -0.348 e. The average Bonchev–Trinajstić information content (AvgIpc) is 3.35. The third kappa shape index (κ3) is 2.56. The van der Waals surface area contributed by atoms with E-state index in [2.05, 4.69) is 21.1 Å². The highest BCUT2D eigenvalue weighted by molar-refractivity contribution is 5.93. The van der Waals surface area contributed by atoms with E-state index in [1.165, 1.54) is 10.9 Å². The highest BCUT2D eigenvalue weighted by Gasteiger charge is 2.40. The number of nitrogens with zero attached hydrogens (tertiary/aromatic N) is 3. The molecule has 1 saturated heterocycles. The van der Waals surface area contributed by atoms with Gasteiger partial charge in [0.05, 0.1) is 19.4 Å². The van der Waals surface area contributed by atoms with Crippen molar-refractivity contribution in [3.8, 4) is 11.1 Å². The van der Waals surface area contributed by atoms with Crippen LogP contribution in [0.25, 0.3) is 22.2 Å². The van der Waals surface area contributed by atoms with Crippen LogP contribution in [0.3, 0.4) is 0 Å². The zero-order valence-electron chi connectivity index (χ0n) is 14.4. The Labute approximate surface area is 146 Å². The molecule has 5 rings (SSSR count). The van der Waals surface area contributed by atoms with Crippen molar-refractivity contribution in [2.24, 2.45) is 7.05 Å². The number of fused-ring (bicyclic) bond motifs is 1. The predicted octanol–water partition coefficient (Wildman–Crippen LogP) is 3.36. The van der Waals surface area contributed by atoms with E-state index in [4.69, 9.17) is 9.47 Å². The Hall–Kier alpha value is -2.18. The summed E-state index contributed by atoms with van der Waals surface area (Å²) in [6, 6.07) is 2.29. The first kappa shape index (κ1) is 15.1. The van der Waals surface area contributed by atoms with Gasteiger partial charge < -0.3 is 14.5 Å². The van der Waals surface area contributed by atoms with Gasteiger partial charge in [0, 0.05) is 55.0 Å². The summed E-state index contributed by atoms with van der Waals surface area (Å²) in [4.78, 5) is 7.93. The van der Waals surface area contributed by atoms with Crippen molar-refractivity contribution in [2.75, 3.05) is 13.2 Å². The van der Waals surface area contributed by atoms with Crippen molar-refractivity contribution in [3.63, 3.8) is 0 Å². The molecule has 3 aromatic rings. The van der Waals surface area contributed by atoms with Crippen LogP contribution in [0.1, 0.15) is 37.2 Å². The Morgan fingerprint density at radius 1 is 1.20 bits per heavy atom. The molecular weight excluding hydrogens is 316 g/mol. The van der Waals surface area contributed by atoms with Crippen LogP contribution in [0.4, 0.5) is 0 Å². The highest BCUT2D eigenvalue weighted by Crippen LogP contribution is 2.43. The minimum atomic E-state index is -0.303. The number of pyridine rings is 1. The van der Waals surface area contributed by atoms with Gasteiger partial charge in [0.15, 0.2) is 5.79 Å². The molecule has 0 unspecified atom stereocenters. The molecule has 0 atom stereocenters. The van der Waals surface area contributed by atoms with Crippen molar-refractivity contribution >= 4 is 11.0 Å². The molecule has 1 N–H and O–H groups in total. The van der Waals surface area contributed by atoms with E-state index in [1.807, 2.05) is 36.5 Å². The van der Waals surface area contributed by atoms with Crippen molar-refractivity contribution in [1.29, 1.82) is 0 Å². The van der Waals surface area contributed by atoms with Gasteiger partial charge in [-0.05, 0) is 30.4 Å². The van der Waals surface area contributed by atoms with Gasteiger partial charge in [-0.15, -0.1) is 0 Å². The Bertz CT molecular complexity index is 897. The van der Waals surface area contributed by atoms with E-state index in [9.17, 15) is 0 Å². The van der Waals surface area contributed by atoms with E-state index < -0.39 is 0 Å². The van der Waals surface area contributed by atoms with E-state index >= 15 is 0 Å². The van der Waals surface area contributed by atoms with Gasteiger partial charge in [-0.3, -0.25) is 4.68 Å². The highest BCUT2D eigenvalue weighted by atomic mass is 16.7. The van der Waals surface area contributed by atoms with Crippen LogP contribution in [-0.2, 0) is 16.5 Å². The maximum absolute atomic E-state index is 5.85. The molecule has 1 aliphatic carbocycles. The maximum Gasteiger partial charge on any atom is 0.168 e. The standard InChI is InChI=1S/C19H22N4O2/c1-23-12-15(10-22-23)17-11-21-18-16(17)8-14(9-20-18)13-2-4-19(5-3-13)24-6-7-25-19/h8-13H,2-7H2,1H3,(H,20,21). The Balaban J connectivity index is 1.44. The van der Waals surface area contributed by atoms with Crippen molar-refractivity contribution in [1.82, 2.24) is 19.7 Å². The number of aromatic amines is 1. The van der Waals surface area contributed by atoms with Gasteiger partial charge in [0.2, 0.25) is 0 Å². The zero-order chi connectivity index (χ0) is 16.9. The van der Waals surface area contributed by atoms with Crippen LogP contribution >= 0.6 is 0 Å². The number of nitrogens with one attached hydrogen (secondary N) is 1. The quantitative estimate of drug-likeness (QED) is 0.778. The zero-order valence-corrected chi connectivity index (χ0v) is 14.4. The number of rotatable bonds is 2. The lowest BCUT2D eigenvalue weighted by atomic mass is 9.81. The van der Waals surface area contributed by atoms with E-state index in [-0.39, 0.29) is 5.79 Å². The molecule has 0 bridgehead atoms. The lowest BCUT2D eigenvalue weighted by molar-refractivity contribution is -0.178. The third-order valence-corrected chi connectivity index (χ3v) is 5.60. The van der Waals surface area contributed by atoms with Gasteiger partial charge in [0.25, 0.3) is 0 Å². The second kappa shape index (κ2) is 5.68. The number of hydrogen-bond donors (Lipinski definition) is 1. The fourth-order valence-corrected chi connectivity index (χ4v) is 4.22. The molecule has 6 heteroatoms. The topological polar surface area (TPSA) is 65.0 Å². The molecule has 2 aliphatic rings. The first-order valence-corrected chi connectivity index (χ1v) is 8.96. The Morgan fingerprint density at radius 2 is 2.00 bits per heavy atom. The first-order valence-electron chi connectivity index (χ1n) is 8.96. The molecule has 0 aromatic carbocycles. The molecule has 1 aliphatic heterocycles. The van der Waals surface area contributed by atoms with Crippen molar-refractivity contribution < 1.29 is 9.47 Å². The SMILES string of the molecule is Cn1cc(-c2c[nH]c3ncc(C4CCC5(CC4)OCCO5)cc23)cn1. The van der Waals surface area contributed by atoms with Gasteiger partial charge >= 0.3 is 0 Å². The summed E-state index contributed by atoms with van der Waals surface area (Å²) in [5.74, 6) is 0.218. The van der Waals surface area contributed by atoms with Gasteiger partial charge in [-0.2, -0.15) is 5.10 Å². The summed E-state index contributed by atoms with van der Waals surface area (Å²) >= 11 is 0. The summed E-state index contributed by atoms with van der Waals surface area (Å²) in [5.41, 5.74) is 4.51. The summed E-state index contributed by atoms with van der Waals surface area (Å²) < 4.78 is 13.5. The predicted molar refractivity (Wildman–Crippen MR) is 94.1 cm³/mol. The second-order valence-electron chi connectivity index (χ2n) is 7.15. The molecule has 6 nitrogen and oxygen atoms in total. The second-order valence-corrected chi connectivity index (χ2v) is 7.15. The lowest BCUT2D eigenvalue weighted by Crippen LogP contribution is -2.34. The number of H-pyrrole nitrogens is 1. The molecule has 0 amide bonds. The lowest BCUT2D eigenvalue weighted by Gasteiger charge is -2.35. The van der Waals surface area contributed by atoms with Crippen LogP contribution in [0.15, 0.2) is 30.9 Å². The molecule has 1 saturated carbocycles. The Morgan fingerprint density at radius 3 is 2.72 bits per heavy atom. The van der Waals surface area contributed by atoms with Gasteiger partial charge in [-0.1, -0.05) is 0 Å². The molecule has 0 radical (unpaired) electrons. The average molecular weight is 338 g/mol. The molecular formula is C19H22N4O2. The molecule has 1 spiro atoms. The van der Waals surface area contributed by atoms with Crippen LogP contribution in [0.5, 0.6) is 0 Å². The van der Waals surface area contributed by atoms with E-state index in [0.717, 1.165) is 55.7 Å². The third-order valence-electron chi connectivity index (χ3n) is 5.60. The summed E-state index contributed by atoms with van der Waals surface area (Å²) in [7, 11) is 1.94. The minimum absolute atomic E-state index is 0.303. The van der Waals surface area contributed by atoms with Crippen LogP contribution in [0.2, 0.25) is 0 Å². The number of aromatic nitrogens is 4. The largest absolute Gasteiger partial charge is 0.348 e. The van der Waals surface area contributed by atoms with Crippen LogP contribution in [-0.4, -0.2) is 38.7 Å².